The summed E-state index contributed by atoms with van der Waals surface area (Å²) in [7, 11) is 0. The number of benzene rings is 1. The van der Waals surface area contributed by atoms with E-state index >= 15 is 0 Å². The molecule has 1 heterocycles. The number of fused-ring (bicyclic) bond motifs is 1. The lowest BCUT2D eigenvalue weighted by Crippen LogP contribution is -2.44. The number of nitrogen functional groups attached to an aromatic ring is 1. The van der Waals surface area contributed by atoms with Gasteiger partial charge in [0.05, 0.1) is 11.1 Å². The second kappa shape index (κ2) is 4.08. The molecule has 0 saturated heterocycles. The number of hydrogen-bond donors (Lipinski definition) is 1. The van der Waals surface area contributed by atoms with Gasteiger partial charge in [-0.1, -0.05) is 13.3 Å². The molecule has 1 aromatic rings. The SMILES string of the molecule is CCC1(CN2C(=O)c3ccc(N)cc3C2=O)CCC1. The van der Waals surface area contributed by atoms with Crippen LogP contribution in [0.25, 0.3) is 0 Å². The minimum Gasteiger partial charge on any atom is -0.399 e. The monoisotopic (exact) mass is 258 g/mol. The van der Waals surface area contributed by atoms with E-state index in [1.54, 1.807) is 18.2 Å². The Morgan fingerprint density at radius 2 is 1.89 bits per heavy atom. The average Bonchev–Trinajstić information content (AvgIpc) is 2.58. The van der Waals surface area contributed by atoms with Crippen LogP contribution in [0.3, 0.4) is 0 Å². The van der Waals surface area contributed by atoms with Gasteiger partial charge >= 0.3 is 0 Å². The van der Waals surface area contributed by atoms with Crippen LogP contribution in [0.2, 0.25) is 0 Å². The van der Waals surface area contributed by atoms with Crippen LogP contribution in [-0.2, 0) is 0 Å². The van der Waals surface area contributed by atoms with E-state index in [4.69, 9.17) is 5.73 Å². The summed E-state index contributed by atoms with van der Waals surface area (Å²) >= 11 is 0. The first-order valence-corrected chi connectivity index (χ1v) is 6.82. The predicted octanol–water partition coefficient (Wildman–Crippen LogP) is 2.45. The van der Waals surface area contributed by atoms with Crippen molar-refractivity contribution in [2.75, 3.05) is 12.3 Å². The highest BCUT2D eigenvalue weighted by atomic mass is 16.2. The molecule has 0 radical (unpaired) electrons. The van der Waals surface area contributed by atoms with Gasteiger partial charge in [0, 0.05) is 12.2 Å². The quantitative estimate of drug-likeness (QED) is 0.669. The lowest BCUT2D eigenvalue weighted by atomic mass is 9.67. The second-order valence-corrected chi connectivity index (χ2v) is 5.71. The predicted molar refractivity (Wildman–Crippen MR) is 72.8 cm³/mol. The molecule has 4 nitrogen and oxygen atoms in total. The average molecular weight is 258 g/mol. The van der Waals surface area contributed by atoms with Crippen LogP contribution < -0.4 is 5.73 Å². The van der Waals surface area contributed by atoms with E-state index in [-0.39, 0.29) is 17.2 Å². The van der Waals surface area contributed by atoms with E-state index in [2.05, 4.69) is 6.92 Å². The zero-order valence-electron chi connectivity index (χ0n) is 11.1. The van der Waals surface area contributed by atoms with Crippen LogP contribution in [0, 0.1) is 5.41 Å². The van der Waals surface area contributed by atoms with Gasteiger partial charge in [0.15, 0.2) is 0 Å². The van der Waals surface area contributed by atoms with Crippen molar-refractivity contribution in [1.29, 1.82) is 0 Å². The summed E-state index contributed by atoms with van der Waals surface area (Å²) in [4.78, 5) is 26.1. The van der Waals surface area contributed by atoms with Crippen molar-refractivity contribution in [2.24, 2.45) is 5.41 Å². The van der Waals surface area contributed by atoms with Crippen molar-refractivity contribution in [2.45, 2.75) is 32.6 Å². The molecule has 1 aromatic carbocycles. The summed E-state index contributed by atoms with van der Waals surface area (Å²) in [5.41, 5.74) is 7.31. The molecular formula is C15H18N2O2. The third-order valence-corrected chi connectivity index (χ3v) is 4.65. The van der Waals surface area contributed by atoms with Crippen molar-refractivity contribution in [3.63, 3.8) is 0 Å². The summed E-state index contributed by atoms with van der Waals surface area (Å²) in [6.07, 6.45) is 4.44. The molecule has 3 rings (SSSR count). The molecule has 100 valence electrons. The second-order valence-electron chi connectivity index (χ2n) is 5.71. The van der Waals surface area contributed by atoms with Gasteiger partial charge in [0.2, 0.25) is 0 Å². The van der Waals surface area contributed by atoms with Crippen LogP contribution in [0.5, 0.6) is 0 Å². The van der Waals surface area contributed by atoms with Crippen molar-refractivity contribution in [1.82, 2.24) is 4.90 Å². The number of amides is 2. The molecule has 1 aliphatic carbocycles. The largest absolute Gasteiger partial charge is 0.399 e. The van der Waals surface area contributed by atoms with Gasteiger partial charge in [0.25, 0.3) is 11.8 Å². The minimum absolute atomic E-state index is 0.152. The fraction of sp³-hybridized carbons (Fsp3) is 0.467. The maximum atomic E-state index is 12.3. The van der Waals surface area contributed by atoms with E-state index in [9.17, 15) is 9.59 Å². The summed E-state index contributed by atoms with van der Waals surface area (Å²) in [6.45, 7) is 2.69. The Balaban J connectivity index is 1.90. The molecule has 1 aliphatic heterocycles. The van der Waals surface area contributed by atoms with Gasteiger partial charge in [-0.2, -0.15) is 0 Å². The highest BCUT2D eigenvalue weighted by molar-refractivity contribution is 6.21. The van der Waals surface area contributed by atoms with E-state index in [1.807, 2.05) is 0 Å². The summed E-state index contributed by atoms with van der Waals surface area (Å²) in [5, 5.41) is 0. The molecular weight excluding hydrogens is 240 g/mol. The number of rotatable bonds is 3. The lowest BCUT2D eigenvalue weighted by molar-refractivity contribution is 0.0409. The zero-order chi connectivity index (χ0) is 13.6. The van der Waals surface area contributed by atoms with E-state index in [0.29, 0.717) is 23.4 Å². The summed E-state index contributed by atoms with van der Waals surface area (Å²) < 4.78 is 0. The Bertz CT molecular complexity index is 556. The highest BCUT2D eigenvalue weighted by Crippen LogP contribution is 2.45. The van der Waals surface area contributed by atoms with Crippen molar-refractivity contribution < 1.29 is 9.59 Å². The number of carbonyl (C=O) groups excluding carboxylic acids is 2. The first kappa shape index (κ1) is 12.2. The zero-order valence-corrected chi connectivity index (χ0v) is 11.1. The fourth-order valence-corrected chi connectivity index (χ4v) is 3.09. The number of carbonyl (C=O) groups is 2. The van der Waals surface area contributed by atoms with Crippen molar-refractivity contribution in [3.8, 4) is 0 Å². The van der Waals surface area contributed by atoms with E-state index in [1.165, 1.54) is 11.3 Å². The van der Waals surface area contributed by atoms with Crippen molar-refractivity contribution in [3.05, 3.63) is 29.3 Å². The Labute approximate surface area is 112 Å². The number of nitrogens with two attached hydrogens (primary N) is 1. The maximum absolute atomic E-state index is 12.3. The fourth-order valence-electron chi connectivity index (χ4n) is 3.09. The number of nitrogens with zero attached hydrogens (tertiary/aromatic N) is 1. The van der Waals surface area contributed by atoms with Gasteiger partial charge in [-0.3, -0.25) is 14.5 Å². The molecule has 19 heavy (non-hydrogen) atoms. The first-order valence-electron chi connectivity index (χ1n) is 6.82. The number of hydrogen-bond acceptors (Lipinski definition) is 3. The number of imide groups is 1. The van der Waals surface area contributed by atoms with Crippen LogP contribution in [0.15, 0.2) is 18.2 Å². The number of anilines is 1. The third-order valence-electron chi connectivity index (χ3n) is 4.65. The molecule has 1 fully saturated rings. The molecule has 4 heteroatoms. The Kier molecular flexibility index (Phi) is 2.62. The molecule has 2 aliphatic rings. The lowest BCUT2D eigenvalue weighted by Gasteiger charge is -2.43. The molecule has 2 N–H and O–H groups in total. The smallest absolute Gasteiger partial charge is 0.261 e. The highest BCUT2D eigenvalue weighted by Gasteiger charge is 2.43. The Hall–Kier alpha value is -1.84. The van der Waals surface area contributed by atoms with Gasteiger partial charge in [0.1, 0.15) is 0 Å². The van der Waals surface area contributed by atoms with E-state index in [0.717, 1.165) is 19.3 Å². The van der Waals surface area contributed by atoms with Gasteiger partial charge in [-0.25, -0.2) is 0 Å². The van der Waals surface area contributed by atoms with Crippen LogP contribution in [-0.4, -0.2) is 23.3 Å². The molecule has 2 amide bonds. The minimum atomic E-state index is -0.188. The van der Waals surface area contributed by atoms with E-state index < -0.39 is 0 Å². The maximum Gasteiger partial charge on any atom is 0.261 e. The molecule has 0 unspecified atom stereocenters. The van der Waals surface area contributed by atoms with Gasteiger partial charge < -0.3 is 5.73 Å². The molecule has 0 atom stereocenters. The van der Waals surface area contributed by atoms with Crippen molar-refractivity contribution >= 4 is 17.5 Å². The van der Waals surface area contributed by atoms with Gasteiger partial charge in [-0.15, -0.1) is 0 Å². The Morgan fingerprint density at radius 1 is 1.21 bits per heavy atom. The normalized spacial score (nSPS) is 20.4. The van der Waals surface area contributed by atoms with Crippen LogP contribution >= 0.6 is 0 Å². The Morgan fingerprint density at radius 3 is 2.47 bits per heavy atom. The topological polar surface area (TPSA) is 63.4 Å². The first-order chi connectivity index (χ1) is 9.06. The molecule has 0 spiro atoms. The molecule has 0 aromatic heterocycles. The molecule has 0 bridgehead atoms. The summed E-state index contributed by atoms with van der Waals surface area (Å²) in [5.74, 6) is -0.355. The molecule has 1 saturated carbocycles. The standard InChI is InChI=1S/C15H18N2O2/c1-2-15(6-3-7-15)9-17-13(18)11-5-4-10(16)8-12(11)14(17)19/h4-5,8H,2-3,6-7,9,16H2,1H3. The van der Waals surface area contributed by atoms with Crippen LogP contribution in [0.4, 0.5) is 5.69 Å². The summed E-state index contributed by atoms with van der Waals surface area (Å²) in [6, 6.07) is 4.94. The van der Waals surface area contributed by atoms with Gasteiger partial charge in [-0.05, 0) is 42.9 Å². The third kappa shape index (κ3) is 1.74. The van der Waals surface area contributed by atoms with Crippen LogP contribution in [0.1, 0.15) is 53.3 Å².